The van der Waals surface area contributed by atoms with E-state index in [1.54, 1.807) is 11.3 Å². The molecular formula is C15H18N2OS. The van der Waals surface area contributed by atoms with Crippen LogP contribution < -0.4 is 4.90 Å². The zero-order chi connectivity index (χ0) is 13.4. The number of nitrogens with zero attached hydrogens (tertiary/aromatic N) is 2. The fourth-order valence-corrected chi connectivity index (χ4v) is 3.15. The van der Waals surface area contributed by atoms with Crippen LogP contribution in [0.4, 0.5) is 10.8 Å². The van der Waals surface area contributed by atoms with E-state index in [1.165, 1.54) is 18.4 Å². The highest BCUT2D eigenvalue weighted by Gasteiger charge is 2.30. The Balaban J connectivity index is 1.90. The smallest absolute Gasteiger partial charge is 0.190 e. The van der Waals surface area contributed by atoms with Crippen molar-refractivity contribution in [1.82, 2.24) is 4.98 Å². The summed E-state index contributed by atoms with van der Waals surface area (Å²) in [6.45, 7) is 2.19. The number of aryl methyl sites for hydroxylation is 1. The van der Waals surface area contributed by atoms with E-state index < -0.39 is 0 Å². The lowest BCUT2D eigenvalue weighted by Crippen LogP contribution is -2.08. The van der Waals surface area contributed by atoms with Crippen molar-refractivity contribution in [2.45, 2.75) is 32.3 Å². The summed E-state index contributed by atoms with van der Waals surface area (Å²) in [7, 11) is 2.03. The molecule has 1 heterocycles. The maximum Gasteiger partial charge on any atom is 0.190 e. The van der Waals surface area contributed by atoms with Gasteiger partial charge in [0.1, 0.15) is 0 Å². The SMILES string of the molecule is Cc1ccc(N(C)c2nc(C3CC3)c(CO)s2)cc1. The molecule has 1 fully saturated rings. The summed E-state index contributed by atoms with van der Waals surface area (Å²) in [4.78, 5) is 7.84. The quantitative estimate of drug-likeness (QED) is 0.925. The van der Waals surface area contributed by atoms with Crippen LogP contribution >= 0.6 is 11.3 Å². The second-order valence-corrected chi connectivity index (χ2v) is 6.19. The topological polar surface area (TPSA) is 36.4 Å². The number of aliphatic hydroxyl groups is 1. The van der Waals surface area contributed by atoms with E-state index in [-0.39, 0.29) is 6.61 Å². The van der Waals surface area contributed by atoms with Crippen molar-refractivity contribution in [2.24, 2.45) is 0 Å². The van der Waals surface area contributed by atoms with Crippen LogP contribution in [0.1, 0.15) is 34.9 Å². The predicted molar refractivity (Wildman–Crippen MR) is 79.3 cm³/mol. The summed E-state index contributed by atoms with van der Waals surface area (Å²) in [5.74, 6) is 0.582. The van der Waals surface area contributed by atoms with Gasteiger partial charge in [0.05, 0.1) is 17.2 Å². The monoisotopic (exact) mass is 274 g/mol. The van der Waals surface area contributed by atoms with E-state index >= 15 is 0 Å². The number of anilines is 2. The molecule has 1 aromatic carbocycles. The molecule has 4 heteroatoms. The number of rotatable bonds is 4. The van der Waals surface area contributed by atoms with Crippen molar-refractivity contribution in [1.29, 1.82) is 0 Å². The number of benzene rings is 1. The first kappa shape index (κ1) is 12.6. The molecule has 0 atom stereocenters. The lowest BCUT2D eigenvalue weighted by atomic mass is 10.2. The third-order valence-corrected chi connectivity index (χ3v) is 4.66. The average molecular weight is 274 g/mol. The van der Waals surface area contributed by atoms with E-state index in [0.717, 1.165) is 21.4 Å². The number of hydrogen-bond acceptors (Lipinski definition) is 4. The van der Waals surface area contributed by atoms with Gasteiger partial charge in [-0.3, -0.25) is 0 Å². The third kappa shape index (κ3) is 2.51. The zero-order valence-corrected chi connectivity index (χ0v) is 12.1. The van der Waals surface area contributed by atoms with Crippen molar-refractivity contribution in [3.8, 4) is 0 Å². The van der Waals surface area contributed by atoms with Gasteiger partial charge in [-0.05, 0) is 31.9 Å². The van der Waals surface area contributed by atoms with Crippen molar-refractivity contribution < 1.29 is 5.11 Å². The van der Waals surface area contributed by atoms with Gasteiger partial charge in [-0.25, -0.2) is 4.98 Å². The summed E-state index contributed by atoms with van der Waals surface area (Å²) in [5.41, 5.74) is 3.50. The highest BCUT2D eigenvalue weighted by atomic mass is 32.1. The molecule has 19 heavy (non-hydrogen) atoms. The minimum absolute atomic E-state index is 0.102. The molecule has 2 aromatic rings. The minimum atomic E-state index is 0.102. The van der Waals surface area contributed by atoms with Crippen molar-refractivity contribution in [3.63, 3.8) is 0 Å². The van der Waals surface area contributed by atoms with Gasteiger partial charge >= 0.3 is 0 Å². The Morgan fingerprint density at radius 3 is 2.58 bits per heavy atom. The largest absolute Gasteiger partial charge is 0.391 e. The second-order valence-electron chi connectivity index (χ2n) is 5.13. The summed E-state index contributed by atoms with van der Waals surface area (Å²) in [6, 6.07) is 8.42. The number of hydrogen-bond donors (Lipinski definition) is 1. The lowest BCUT2D eigenvalue weighted by Gasteiger charge is -2.15. The highest BCUT2D eigenvalue weighted by Crippen LogP contribution is 2.44. The van der Waals surface area contributed by atoms with E-state index in [9.17, 15) is 5.11 Å². The molecule has 0 saturated heterocycles. The molecule has 1 aliphatic rings. The van der Waals surface area contributed by atoms with Gasteiger partial charge in [-0.15, -0.1) is 0 Å². The fraction of sp³-hybridized carbons (Fsp3) is 0.400. The predicted octanol–water partition coefficient (Wildman–Crippen LogP) is 3.59. The van der Waals surface area contributed by atoms with Gasteiger partial charge in [-0.2, -0.15) is 0 Å². The van der Waals surface area contributed by atoms with Gasteiger partial charge in [-0.1, -0.05) is 29.0 Å². The van der Waals surface area contributed by atoms with Crippen molar-refractivity contribution in [2.75, 3.05) is 11.9 Å². The van der Waals surface area contributed by atoms with Gasteiger partial charge < -0.3 is 10.0 Å². The van der Waals surface area contributed by atoms with Crippen LogP contribution in [0.15, 0.2) is 24.3 Å². The van der Waals surface area contributed by atoms with Crippen LogP contribution in [-0.4, -0.2) is 17.1 Å². The Morgan fingerprint density at radius 1 is 1.32 bits per heavy atom. The molecule has 1 saturated carbocycles. The Hall–Kier alpha value is -1.39. The van der Waals surface area contributed by atoms with Gasteiger partial charge in [0.2, 0.25) is 0 Å². The fourth-order valence-electron chi connectivity index (χ4n) is 2.16. The molecule has 3 rings (SSSR count). The van der Waals surface area contributed by atoms with Gasteiger partial charge in [0, 0.05) is 18.7 Å². The standard InChI is InChI=1S/C15H18N2OS/c1-10-3-7-12(8-4-10)17(2)15-16-14(11-5-6-11)13(9-18)19-15/h3-4,7-8,11,18H,5-6,9H2,1-2H3. The number of thiazole rings is 1. The van der Waals surface area contributed by atoms with E-state index in [0.29, 0.717) is 5.92 Å². The first-order valence-electron chi connectivity index (χ1n) is 6.60. The Kier molecular flexibility index (Phi) is 3.29. The van der Waals surface area contributed by atoms with Gasteiger partial charge in [0.25, 0.3) is 0 Å². The molecule has 0 radical (unpaired) electrons. The van der Waals surface area contributed by atoms with Crippen molar-refractivity contribution in [3.05, 3.63) is 40.4 Å². The van der Waals surface area contributed by atoms with E-state index in [1.807, 2.05) is 7.05 Å². The van der Waals surface area contributed by atoms with Gasteiger partial charge in [0.15, 0.2) is 5.13 Å². The molecule has 0 aliphatic heterocycles. The third-order valence-electron chi connectivity index (χ3n) is 3.53. The summed E-state index contributed by atoms with van der Waals surface area (Å²) >= 11 is 1.60. The Morgan fingerprint density at radius 2 is 2.00 bits per heavy atom. The molecule has 0 unspecified atom stereocenters. The zero-order valence-electron chi connectivity index (χ0n) is 11.3. The summed E-state index contributed by atoms with van der Waals surface area (Å²) in [5, 5.41) is 10.4. The van der Waals surface area contributed by atoms with Crippen LogP contribution in [0.5, 0.6) is 0 Å². The Bertz CT molecular complexity index is 572. The van der Waals surface area contributed by atoms with Crippen LogP contribution in [0.2, 0.25) is 0 Å². The molecule has 0 spiro atoms. The van der Waals surface area contributed by atoms with Crippen LogP contribution in [-0.2, 0) is 6.61 Å². The maximum absolute atomic E-state index is 9.45. The van der Waals surface area contributed by atoms with Crippen molar-refractivity contribution >= 4 is 22.2 Å². The van der Waals surface area contributed by atoms with Crippen LogP contribution in [0.3, 0.4) is 0 Å². The first-order valence-corrected chi connectivity index (χ1v) is 7.41. The normalized spacial score (nSPS) is 14.7. The van der Waals surface area contributed by atoms with Crippen LogP contribution in [0, 0.1) is 6.92 Å². The minimum Gasteiger partial charge on any atom is -0.391 e. The number of aliphatic hydroxyl groups excluding tert-OH is 1. The first-order chi connectivity index (χ1) is 9.19. The van der Waals surface area contributed by atoms with E-state index in [4.69, 9.17) is 4.98 Å². The Labute approximate surface area is 117 Å². The maximum atomic E-state index is 9.45. The molecular weight excluding hydrogens is 256 g/mol. The second kappa shape index (κ2) is 4.94. The highest BCUT2D eigenvalue weighted by molar-refractivity contribution is 7.15. The molecule has 0 bridgehead atoms. The lowest BCUT2D eigenvalue weighted by molar-refractivity contribution is 0.284. The molecule has 1 aliphatic carbocycles. The molecule has 1 aromatic heterocycles. The average Bonchev–Trinajstić information content (AvgIpc) is 3.18. The molecule has 1 N–H and O–H groups in total. The summed E-state index contributed by atoms with van der Waals surface area (Å²) in [6.07, 6.45) is 2.43. The molecule has 0 amide bonds. The van der Waals surface area contributed by atoms with E-state index in [2.05, 4.69) is 36.1 Å². The van der Waals surface area contributed by atoms with Crippen LogP contribution in [0.25, 0.3) is 0 Å². The number of aromatic nitrogens is 1. The summed E-state index contributed by atoms with van der Waals surface area (Å²) < 4.78 is 0. The molecule has 3 nitrogen and oxygen atoms in total. The molecule has 100 valence electrons.